The van der Waals surface area contributed by atoms with Crippen molar-refractivity contribution in [3.8, 4) is 5.75 Å². The molecular weight excluding hydrogens is 288 g/mol. The second-order valence-electron chi connectivity index (χ2n) is 5.77. The second-order valence-corrected chi connectivity index (χ2v) is 7.92. The molecule has 1 aromatic rings. The number of benzene rings is 1. The number of ether oxygens (including phenoxy) is 1. The van der Waals surface area contributed by atoms with E-state index in [0.717, 1.165) is 44.9 Å². The summed E-state index contributed by atoms with van der Waals surface area (Å²) >= 11 is 0. The summed E-state index contributed by atoms with van der Waals surface area (Å²) in [5.41, 5.74) is 1.17. The molecule has 2 fully saturated rings. The van der Waals surface area contributed by atoms with Crippen molar-refractivity contribution in [1.29, 1.82) is 0 Å². The average Bonchev–Trinajstić information content (AvgIpc) is 2.45. The Morgan fingerprint density at radius 1 is 1.19 bits per heavy atom. The topological polar surface area (TPSA) is 58.6 Å². The van der Waals surface area contributed by atoms with Gasteiger partial charge in [0.05, 0.1) is 11.5 Å². The molecule has 3 rings (SSSR count). The lowest BCUT2D eigenvalue weighted by molar-refractivity contribution is 0.223. The van der Waals surface area contributed by atoms with Crippen molar-refractivity contribution < 1.29 is 13.2 Å². The number of piperazine rings is 1. The number of sulfone groups is 1. The zero-order chi connectivity index (χ0) is 14.7. The normalized spacial score (nSPS) is 22.7. The minimum Gasteiger partial charge on any atom is -0.488 e. The molecule has 6 heteroatoms. The highest BCUT2D eigenvalue weighted by Crippen LogP contribution is 2.24. The Balaban J connectivity index is 1.57. The molecule has 2 heterocycles. The van der Waals surface area contributed by atoms with Gasteiger partial charge in [0.25, 0.3) is 0 Å². The molecule has 0 aliphatic carbocycles. The maximum absolute atomic E-state index is 11.2. The molecule has 5 nitrogen and oxygen atoms in total. The maximum atomic E-state index is 11.2. The van der Waals surface area contributed by atoms with Gasteiger partial charge in [-0.05, 0) is 18.1 Å². The maximum Gasteiger partial charge on any atom is 0.157 e. The van der Waals surface area contributed by atoms with Gasteiger partial charge in [-0.25, -0.2) is 8.42 Å². The molecule has 1 aromatic carbocycles. The predicted octanol–water partition coefficient (Wildman–Crippen LogP) is 0.310. The molecule has 0 bridgehead atoms. The summed E-state index contributed by atoms with van der Waals surface area (Å²) in [6.45, 7) is 5.30. The first-order valence-corrected chi connectivity index (χ1v) is 9.33. The van der Waals surface area contributed by atoms with Crippen LogP contribution in [0.4, 0.5) is 0 Å². The predicted molar refractivity (Wildman–Crippen MR) is 82.5 cm³/mol. The van der Waals surface area contributed by atoms with Gasteiger partial charge in [0.15, 0.2) is 9.84 Å². The third-order valence-electron chi connectivity index (χ3n) is 4.05. The SMILES string of the molecule is O=S1(=O)CC(Oc2ccccc2CCN2CCNCC2)C1. The van der Waals surface area contributed by atoms with E-state index in [-0.39, 0.29) is 17.6 Å². The monoisotopic (exact) mass is 310 g/mol. The van der Waals surface area contributed by atoms with Crippen LogP contribution in [-0.4, -0.2) is 63.7 Å². The Hall–Kier alpha value is -1.11. The number of rotatable bonds is 5. The van der Waals surface area contributed by atoms with Crippen molar-refractivity contribution in [1.82, 2.24) is 10.2 Å². The third-order valence-corrected chi connectivity index (χ3v) is 5.81. The fourth-order valence-corrected chi connectivity index (χ4v) is 3.98. The summed E-state index contributed by atoms with van der Waals surface area (Å²) in [6.07, 6.45) is 0.769. The fourth-order valence-electron chi connectivity index (χ4n) is 2.80. The van der Waals surface area contributed by atoms with Crippen molar-refractivity contribution in [2.75, 3.05) is 44.2 Å². The molecular formula is C15H22N2O3S. The van der Waals surface area contributed by atoms with Gasteiger partial charge in [-0.2, -0.15) is 0 Å². The molecule has 0 radical (unpaired) electrons. The first-order chi connectivity index (χ1) is 10.1. The minimum absolute atomic E-state index is 0.152. The van der Waals surface area contributed by atoms with Crippen LogP contribution in [-0.2, 0) is 16.3 Å². The van der Waals surface area contributed by atoms with Crippen LogP contribution in [0.5, 0.6) is 5.75 Å². The van der Waals surface area contributed by atoms with Crippen molar-refractivity contribution in [2.45, 2.75) is 12.5 Å². The number of nitrogens with one attached hydrogen (secondary N) is 1. The van der Waals surface area contributed by atoms with Crippen molar-refractivity contribution in [3.63, 3.8) is 0 Å². The van der Waals surface area contributed by atoms with Crippen molar-refractivity contribution >= 4 is 9.84 Å². The Morgan fingerprint density at radius 3 is 2.62 bits per heavy atom. The smallest absolute Gasteiger partial charge is 0.157 e. The lowest BCUT2D eigenvalue weighted by Crippen LogP contribution is -2.45. The van der Waals surface area contributed by atoms with E-state index in [0.29, 0.717) is 0 Å². The first kappa shape index (κ1) is 14.8. The number of para-hydroxylation sites is 1. The number of nitrogens with zero attached hydrogens (tertiary/aromatic N) is 1. The van der Waals surface area contributed by atoms with E-state index in [1.54, 1.807) is 0 Å². The quantitative estimate of drug-likeness (QED) is 0.848. The van der Waals surface area contributed by atoms with Gasteiger partial charge in [0, 0.05) is 32.7 Å². The van der Waals surface area contributed by atoms with E-state index in [4.69, 9.17) is 4.74 Å². The third kappa shape index (κ3) is 3.96. The van der Waals surface area contributed by atoms with Gasteiger partial charge < -0.3 is 15.0 Å². The van der Waals surface area contributed by atoms with Crippen LogP contribution >= 0.6 is 0 Å². The van der Waals surface area contributed by atoms with E-state index < -0.39 is 9.84 Å². The summed E-state index contributed by atoms with van der Waals surface area (Å²) in [4.78, 5) is 2.45. The van der Waals surface area contributed by atoms with Crippen LogP contribution in [0, 0.1) is 0 Å². The van der Waals surface area contributed by atoms with Crippen LogP contribution in [0.25, 0.3) is 0 Å². The lowest BCUT2D eigenvalue weighted by Gasteiger charge is -2.29. The Morgan fingerprint density at radius 2 is 1.90 bits per heavy atom. The molecule has 2 aliphatic rings. The highest BCUT2D eigenvalue weighted by molar-refractivity contribution is 7.92. The van der Waals surface area contributed by atoms with Gasteiger partial charge >= 0.3 is 0 Å². The molecule has 0 aromatic heterocycles. The molecule has 2 saturated heterocycles. The van der Waals surface area contributed by atoms with Crippen LogP contribution < -0.4 is 10.1 Å². The van der Waals surface area contributed by atoms with Crippen LogP contribution in [0.1, 0.15) is 5.56 Å². The van der Waals surface area contributed by atoms with E-state index in [2.05, 4.69) is 16.3 Å². The summed E-state index contributed by atoms with van der Waals surface area (Å²) in [5.74, 6) is 1.14. The van der Waals surface area contributed by atoms with Crippen LogP contribution in [0.2, 0.25) is 0 Å². The molecule has 0 atom stereocenters. The van der Waals surface area contributed by atoms with Crippen molar-refractivity contribution in [3.05, 3.63) is 29.8 Å². The van der Waals surface area contributed by atoms with Crippen LogP contribution in [0.15, 0.2) is 24.3 Å². The summed E-state index contributed by atoms with van der Waals surface area (Å²) in [7, 11) is -2.83. The zero-order valence-electron chi connectivity index (χ0n) is 12.1. The van der Waals surface area contributed by atoms with Crippen molar-refractivity contribution in [2.24, 2.45) is 0 Å². The largest absolute Gasteiger partial charge is 0.488 e. The fraction of sp³-hybridized carbons (Fsp3) is 0.600. The highest BCUT2D eigenvalue weighted by Gasteiger charge is 2.35. The average molecular weight is 310 g/mol. The number of hydrogen-bond acceptors (Lipinski definition) is 5. The van der Waals surface area contributed by atoms with Gasteiger partial charge in [-0.15, -0.1) is 0 Å². The molecule has 21 heavy (non-hydrogen) atoms. The Labute approximate surface area is 126 Å². The second kappa shape index (κ2) is 6.34. The molecule has 2 aliphatic heterocycles. The Bertz CT molecular complexity index is 570. The molecule has 0 unspecified atom stereocenters. The first-order valence-electron chi connectivity index (χ1n) is 7.50. The van der Waals surface area contributed by atoms with Gasteiger partial charge in [-0.1, -0.05) is 18.2 Å². The van der Waals surface area contributed by atoms with Gasteiger partial charge in [0.1, 0.15) is 11.9 Å². The van der Waals surface area contributed by atoms with Gasteiger partial charge in [-0.3, -0.25) is 0 Å². The molecule has 0 spiro atoms. The standard InChI is InChI=1S/C15H22N2O3S/c18-21(19)11-14(12-21)20-15-4-2-1-3-13(15)5-8-17-9-6-16-7-10-17/h1-4,14,16H,5-12H2. The van der Waals surface area contributed by atoms with Crippen LogP contribution in [0.3, 0.4) is 0 Å². The van der Waals surface area contributed by atoms with Gasteiger partial charge in [0.2, 0.25) is 0 Å². The summed E-state index contributed by atoms with van der Waals surface area (Å²) in [6, 6.07) is 7.97. The highest BCUT2D eigenvalue weighted by atomic mass is 32.2. The summed E-state index contributed by atoms with van der Waals surface area (Å²) < 4.78 is 28.3. The molecule has 0 saturated carbocycles. The number of hydrogen-bond donors (Lipinski definition) is 1. The zero-order valence-corrected chi connectivity index (χ0v) is 12.9. The van der Waals surface area contributed by atoms with E-state index >= 15 is 0 Å². The Kier molecular flexibility index (Phi) is 4.47. The van der Waals surface area contributed by atoms with E-state index in [1.165, 1.54) is 5.56 Å². The molecule has 1 N–H and O–H groups in total. The van der Waals surface area contributed by atoms with E-state index in [1.807, 2.05) is 18.2 Å². The summed E-state index contributed by atoms with van der Waals surface area (Å²) in [5, 5.41) is 3.35. The molecule has 116 valence electrons. The van der Waals surface area contributed by atoms with E-state index in [9.17, 15) is 8.42 Å². The molecule has 0 amide bonds. The minimum atomic E-state index is -2.83. The lowest BCUT2D eigenvalue weighted by atomic mass is 10.1.